The summed E-state index contributed by atoms with van der Waals surface area (Å²) in [6.45, 7) is 4.92. The molecule has 1 aromatic heterocycles. The molecule has 0 bridgehead atoms. The number of aryl methyl sites for hydroxylation is 1. The van der Waals surface area contributed by atoms with Gasteiger partial charge in [-0.1, -0.05) is 35.5 Å². The number of carbonyl (C=O) groups excluding carboxylic acids is 2. The van der Waals surface area contributed by atoms with Crippen molar-refractivity contribution in [1.29, 1.82) is 0 Å². The Morgan fingerprint density at radius 2 is 2.08 bits per heavy atom. The van der Waals surface area contributed by atoms with Gasteiger partial charge in [0.15, 0.2) is 5.82 Å². The van der Waals surface area contributed by atoms with Gasteiger partial charge in [0.2, 0.25) is 0 Å². The monoisotopic (exact) mass is 358 g/mol. The van der Waals surface area contributed by atoms with Crippen LogP contribution in [-0.2, 0) is 14.3 Å². The summed E-state index contributed by atoms with van der Waals surface area (Å²) in [7, 11) is 0. The molecule has 0 spiro atoms. The number of benzene rings is 1. The minimum atomic E-state index is -0.762. The molecule has 2 amide bonds. The summed E-state index contributed by atoms with van der Waals surface area (Å²) >= 11 is 0. The number of rotatable bonds is 5. The second-order valence-corrected chi connectivity index (χ2v) is 6.10. The molecule has 2 N–H and O–H groups in total. The highest BCUT2D eigenvalue weighted by Crippen LogP contribution is 2.21. The van der Waals surface area contributed by atoms with Gasteiger partial charge in [-0.15, -0.1) is 0 Å². The lowest BCUT2D eigenvalue weighted by atomic mass is 10.1. The number of anilines is 1. The van der Waals surface area contributed by atoms with Crippen LogP contribution in [0.3, 0.4) is 0 Å². The molecule has 1 atom stereocenters. The van der Waals surface area contributed by atoms with Gasteiger partial charge in [-0.05, 0) is 12.5 Å². The van der Waals surface area contributed by atoms with Crippen LogP contribution in [0.25, 0.3) is 0 Å². The van der Waals surface area contributed by atoms with Crippen molar-refractivity contribution < 1.29 is 18.8 Å². The molecular formula is C18H22N4O4. The number of aromatic nitrogens is 1. The first kappa shape index (κ1) is 18.1. The van der Waals surface area contributed by atoms with E-state index in [-0.39, 0.29) is 11.9 Å². The van der Waals surface area contributed by atoms with Gasteiger partial charge in [0.25, 0.3) is 0 Å². The molecule has 1 aliphatic rings. The van der Waals surface area contributed by atoms with Gasteiger partial charge in [0.1, 0.15) is 5.76 Å². The number of nitrogens with zero attached hydrogens (tertiary/aromatic N) is 2. The minimum Gasteiger partial charge on any atom is -0.371 e. The fourth-order valence-electron chi connectivity index (χ4n) is 2.78. The Kier molecular flexibility index (Phi) is 5.98. The van der Waals surface area contributed by atoms with Crippen molar-refractivity contribution in [2.45, 2.75) is 13.0 Å². The number of morpholine rings is 1. The summed E-state index contributed by atoms with van der Waals surface area (Å²) in [5.41, 5.74) is 1.14. The van der Waals surface area contributed by atoms with Crippen molar-refractivity contribution in [2.75, 3.05) is 38.1 Å². The maximum absolute atomic E-state index is 11.9. The molecule has 2 aromatic rings. The van der Waals surface area contributed by atoms with Crippen LogP contribution < -0.4 is 10.6 Å². The minimum absolute atomic E-state index is 0.0272. The zero-order valence-corrected chi connectivity index (χ0v) is 14.6. The Hall–Kier alpha value is -2.71. The van der Waals surface area contributed by atoms with Gasteiger partial charge in [-0.3, -0.25) is 19.8 Å². The van der Waals surface area contributed by atoms with Crippen LogP contribution in [0, 0.1) is 6.92 Å². The smallest absolute Gasteiger partial charge is 0.314 e. The number of ether oxygens (including phenoxy) is 1. The zero-order chi connectivity index (χ0) is 18.4. The highest BCUT2D eigenvalue weighted by Gasteiger charge is 2.22. The predicted octanol–water partition coefficient (Wildman–Crippen LogP) is 1.11. The molecule has 1 aliphatic heterocycles. The van der Waals surface area contributed by atoms with Crippen molar-refractivity contribution >= 4 is 17.6 Å². The first-order chi connectivity index (χ1) is 12.6. The molecule has 8 heteroatoms. The first-order valence-corrected chi connectivity index (χ1v) is 8.53. The Morgan fingerprint density at radius 1 is 1.27 bits per heavy atom. The van der Waals surface area contributed by atoms with E-state index < -0.39 is 11.8 Å². The maximum atomic E-state index is 11.9. The fourth-order valence-corrected chi connectivity index (χ4v) is 2.78. The summed E-state index contributed by atoms with van der Waals surface area (Å²) in [4.78, 5) is 25.9. The SMILES string of the molecule is Cc1cc(NC(=O)C(=O)NCCN2CCO[C@H](c3ccccc3)C2)no1. The highest BCUT2D eigenvalue weighted by atomic mass is 16.5. The average Bonchev–Trinajstić information content (AvgIpc) is 3.07. The largest absolute Gasteiger partial charge is 0.371 e. The second kappa shape index (κ2) is 8.59. The predicted molar refractivity (Wildman–Crippen MR) is 94.5 cm³/mol. The molecule has 0 unspecified atom stereocenters. The van der Waals surface area contributed by atoms with E-state index in [1.54, 1.807) is 13.0 Å². The van der Waals surface area contributed by atoms with Crippen LogP contribution in [-0.4, -0.2) is 54.7 Å². The number of hydrogen-bond donors (Lipinski definition) is 2. The summed E-state index contributed by atoms with van der Waals surface area (Å²) < 4.78 is 10.7. The van der Waals surface area contributed by atoms with Crippen molar-refractivity contribution in [2.24, 2.45) is 0 Å². The van der Waals surface area contributed by atoms with Gasteiger partial charge < -0.3 is 14.6 Å². The Morgan fingerprint density at radius 3 is 2.81 bits per heavy atom. The lowest BCUT2D eigenvalue weighted by Gasteiger charge is -2.33. The van der Waals surface area contributed by atoms with Crippen molar-refractivity contribution in [3.05, 3.63) is 47.7 Å². The number of amides is 2. The summed E-state index contributed by atoms with van der Waals surface area (Å²) in [5, 5.41) is 8.63. The van der Waals surface area contributed by atoms with E-state index in [2.05, 4.69) is 20.7 Å². The van der Waals surface area contributed by atoms with Gasteiger partial charge in [-0.2, -0.15) is 0 Å². The van der Waals surface area contributed by atoms with E-state index in [1.807, 2.05) is 30.3 Å². The lowest BCUT2D eigenvalue weighted by molar-refractivity contribution is -0.136. The molecule has 1 fully saturated rings. The van der Waals surface area contributed by atoms with E-state index >= 15 is 0 Å². The topological polar surface area (TPSA) is 96.7 Å². The van der Waals surface area contributed by atoms with Gasteiger partial charge in [-0.25, -0.2) is 0 Å². The van der Waals surface area contributed by atoms with Crippen LogP contribution in [0.2, 0.25) is 0 Å². The quantitative estimate of drug-likeness (QED) is 0.778. The molecule has 0 radical (unpaired) electrons. The van der Waals surface area contributed by atoms with Crippen LogP contribution in [0.4, 0.5) is 5.82 Å². The molecule has 0 saturated carbocycles. The van der Waals surface area contributed by atoms with Crippen molar-refractivity contribution in [3.8, 4) is 0 Å². The summed E-state index contributed by atoms with van der Waals surface area (Å²) in [6.07, 6.45) is 0.0272. The van der Waals surface area contributed by atoms with E-state index in [0.717, 1.165) is 18.7 Å². The number of nitrogens with one attached hydrogen (secondary N) is 2. The highest BCUT2D eigenvalue weighted by molar-refractivity contribution is 6.39. The Bertz CT molecular complexity index is 747. The first-order valence-electron chi connectivity index (χ1n) is 8.53. The summed E-state index contributed by atoms with van der Waals surface area (Å²) in [6, 6.07) is 11.6. The maximum Gasteiger partial charge on any atom is 0.314 e. The average molecular weight is 358 g/mol. The number of hydrogen-bond acceptors (Lipinski definition) is 6. The fraction of sp³-hybridized carbons (Fsp3) is 0.389. The van der Waals surface area contributed by atoms with Gasteiger partial charge in [0, 0.05) is 32.2 Å². The third-order valence-electron chi connectivity index (χ3n) is 4.11. The van der Waals surface area contributed by atoms with Crippen molar-refractivity contribution in [1.82, 2.24) is 15.4 Å². The molecule has 8 nitrogen and oxygen atoms in total. The zero-order valence-electron chi connectivity index (χ0n) is 14.6. The molecule has 0 aliphatic carbocycles. The van der Waals surface area contributed by atoms with E-state index in [4.69, 9.17) is 9.26 Å². The lowest BCUT2D eigenvalue weighted by Crippen LogP contribution is -2.44. The Labute approximate surface area is 151 Å². The normalized spacial score (nSPS) is 17.7. The van der Waals surface area contributed by atoms with E-state index in [0.29, 0.717) is 25.5 Å². The molecule has 1 saturated heterocycles. The molecular weight excluding hydrogens is 336 g/mol. The molecule has 3 rings (SSSR count). The van der Waals surface area contributed by atoms with Crippen LogP contribution in [0.5, 0.6) is 0 Å². The van der Waals surface area contributed by atoms with Crippen LogP contribution >= 0.6 is 0 Å². The summed E-state index contributed by atoms with van der Waals surface area (Å²) in [5.74, 6) is -0.677. The van der Waals surface area contributed by atoms with Gasteiger partial charge in [0.05, 0.1) is 12.7 Å². The third-order valence-corrected chi connectivity index (χ3v) is 4.11. The van der Waals surface area contributed by atoms with E-state index in [9.17, 15) is 9.59 Å². The van der Waals surface area contributed by atoms with E-state index in [1.165, 1.54) is 0 Å². The number of carbonyl (C=O) groups is 2. The Balaban J connectivity index is 1.41. The van der Waals surface area contributed by atoms with Crippen LogP contribution in [0.15, 0.2) is 40.9 Å². The molecule has 2 heterocycles. The molecule has 26 heavy (non-hydrogen) atoms. The standard InChI is InChI=1S/C18H22N4O4/c1-13-11-16(21-26-13)20-18(24)17(23)19-7-8-22-9-10-25-15(12-22)14-5-3-2-4-6-14/h2-6,11,15H,7-10,12H2,1H3,(H,19,23)(H,20,21,24)/t15-/m0/s1. The molecule has 138 valence electrons. The van der Waals surface area contributed by atoms with Crippen molar-refractivity contribution in [3.63, 3.8) is 0 Å². The van der Waals surface area contributed by atoms with Crippen LogP contribution in [0.1, 0.15) is 17.4 Å². The third kappa shape index (κ3) is 4.90. The molecule has 1 aromatic carbocycles. The second-order valence-electron chi connectivity index (χ2n) is 6.10. The van der Waals surface area contributed by atoms with Gasteiger partial charge >= 0.3 is 11.8 Å².